The predicted octanol–water partition coefficient (Wildman–Crippen LogP) is 4.12. The molecule has 1 aromatic carbocycles. The van der Waals surface area contributed by atoms with E-state index in [1.54, 1.807) is 18.5 Å². The van der Waals surface area contributed by atoms with Gasteiger partial charge < -0.3 is 4.52 Å². The molecule has 0 fully saturated rings. The molecule has 21 heavy (non-hydrogen) atoms. The Kier molecular flexibility index (Phi) is 3.85. The Morgan fingerprint density at radius 1 is 1.33 bits per heavy atom. The molecule has 1 N–H and O–H groups in total. The molecular formula is C14H10BrN3O2S. The second-order valence-corrected chi connectivity index (χ2v) is 6.08. The number of nitrogens with zero attached hydrogens (tertiary/aromatic N) is 2. The molecule has 3 rings (SSSR count). The first kappa shape index (κ1) is 14.0. The average molecular weight is 364 g/mol. The number of anilines is 1. The maximum Gasteiger partial charge on any atom is 0.263 e. The van der Waals surface area contributed by atoms with Crippen molar-refractivity contribution in [1.29, 1.82) is 0 Å². The number of amides is 1. The summed E-state index contributed by atoms with van der Waals surface area (Å²) < 4.78 is 6.27. The van der Waals surface area contributed by atoms with E-state index in [-0.39, 0.29) is 5.91 Å². The number of hydrogen-bond acceptors (Lipinski definition) is 5. The van der Waals surface area contributed by atoms with Crippen LogP contribution in [-0.4, -0.2) is 16.0 Å². The normalized spacial score (nSPS) is 10.6. The number of thiazole rings is 1. The van der Waals surface area contributed by atoms with Gasteiger partial charge in [0.15, 0.2) is 10.9 Å². The van der Waals surface area contributed by atoms with Gasteiger partial charge in [-0.15, -0.1) is 11.3 Å². The summed E-state index contributed by atoms with van der Waals surface area (Å²) in [5.74, 6) is 0.177. The molecule has 3 aromatic rings. The fourth-order valence-corrected chi connectivity index (χ4v) is 2.67. The van der Waals surface area contributed by atoms with Crippen molar-refractivity contribution in [3.63, 3.8) is 0 Å². The van der Waals surface area contributed by atoms with E-state index in [0.717, 1.165) is 10.0 Å². The minimum absolute atomic E-state index is 0.276. The van der Waals surface area contributed by atoms with Gasteiger partial charge in [-0.25, -0.2) is 4.98 Å². The van der Waals surface area contributed by atoms with Gasteiger partial charge in [0, 0.05) is 21.6 Å². The van der Waals surface area contributed by atoms with Gasteiger partial charge >= 0.3 is 0 Å². The van der Waals surface area contributed by atoms with Crippen LogP contribution < -0.4 is 5.32 Å². The third kappa shape index (κ3) is 2.88. The summed E-state index contributed by atoms with van der Waals surface area (Å²) in [7, 11) is 0. The summed E-state index contributed by atoms with van der Waals surface area (Å²) in [5.41, 5.74) is 1.76. The van der Waals surface area contributed by atoms with Crippen molar-refractivity contribution >= 4 is 38.3 Å². The van der Waals surface area contributed by atoms with E-state index in [2.05, 4.69) is 31.4 Å². The van der Waals surface area contributed by atoms with Crippen molar-refractivity contribution in [3.8, 4) is 11.3 Å². The van der Waals surface area contributed by atoms with Crippen LogP contribution in [0, 0.1) is 6.92 Å². The van der Waals surface area contributed by atoms with Crippen LogP contribution in [0.15, 0.2) is 44.8 Å². The molecule has 0 saturated carbocycles. The van der Waals surface area contributed by atoms with Gasteiger partial charge in [-0.05, 0) is 31.2 Å². The standard InChI is InChI=1S/C14H10BrN3O2S/c1-8-11(13(19)17-14-16-6-7-21-14)12(20-18-8)9-2-4-10(15)5-3-9/h2-7H,1H3,(H,16,17,19). The van der Waals surface area contributed by atoms with Crippen LogP contribution in [0.1, 0.15) is 16.1 Å². The number of nitrogens with one attached hydrogen (secondary N) is 1. The fraction of sp³-hybridized carbons (Fsp3) is 0.0714. The lowest BCUT2D eigenvalue weighted by Crippen LogP contribution is -2.13. The molecule has 7 heteroatoms. The van der Waals surface area contributed by atoms with Crippen molar-refractivity contribution in [2.75, 3.05) is 5.32 Å². The van der Waals surface area contributed by atoms with Gasteiger partial charge in [-0.3, -0.25) is 10.1 Å². The summed E-state index contributed by atoms with van der Waals surface area (Å²) in [6, 6.07) is 7.50. The first-order valence-corrected chi connectivity index (χ1v) is 7.75. The highest BCUT2D eigenvalue weighted by Crippen LogP contribution is 2.28. The Hall–Kier alpha value is -1.99. The Balaban J connectivity index is 1.97. The van der Waals surface area contributed by atoms with E-state index in [1.165, 1.54) is 11.3 Å². The van der Waals surface area contributed by atoms with Crippen molar-refractivity contribution in [2.24, 2.45) is 0 Å². The Bertz CT molecular complexity index is 766. The van der Waals surface area contributed by atoms with Gasteiger partial charge in [-0.1, -0.05) is 21.1 Å². The molecule has 5 nitrogen and oxygen atoms in total. The third-order valence-corrected chi connectivity index (χ3v) is 4.07. The molecule has 0 atom stereocenters. The zero-order valence-corrected chi connectivity index (χ0v) is 13.4. The molecule has 1 amide bonds. The second kappa shape index (κ2) is 5.79. The van der Waals surface area contributed by atoms with Crippen molar-refractivity contribution in [2.45, 2.75) is 6.92 Å². The minimum Gasteiger partial charge on any atom is -0.355 e. The fourth-order valence-electron chi connectivity index (χ4n) is 1.88. The summed E-state index contributed by atoms with van der Waals surface area (Å²) in [6.45, 7) is 1.74. The van der Waals surface area contributed by atoms with E-state index < -0.39 is 0 Å². The van der Waals surface area contributed by atoms with E-state index >= 15 is 0 Å². The minimum atomic E-state index is -0.276. The number of carbonyl (C=O) groups is 1. The van der Waals surface area contributed by atoms with Crippen LogP contribution >= 0.6 is 27.3 Å². The van der Waals surface area contributed by atoms with E-state index in [9.17, 15) is 4.79 Å². The summed E-state index contributed by atoms with van der Waals surface area (Å²) in [4.78, 5) is 16.4. The van der Waals surface area contributed by atoms with Crippen LogP contribution in [0.3, 0.4) is 0 Å². The highest BCUT2D eigenvalue weighted by atomic mass is 79.9. The lowest BCUT2D eigenvalue weighted by molar-refractivity contribution is 0.102. The van der Waals surface area contributed by atoms with E-state index in [4.69, 9.17) is 4.52 Å². The van der Waals surface area contributed by atoms with Crippen molar-refractivity contribution < 1.29 is 9.32 Å². The van der Waals surface area contributed by atoms with Gasteiger partial charge in [0.05, 0.1) is 5.69 Å². The molecule has 2 aromatic heterocycles. The summed E-state index contributed by atoms with van der Waals surface area (Å²) >= 11 is 4.74. The molecule has 2 heterocycles. The zero-order chi connectivity index (χ0) is 14.8. The zero-order valence-electron chi connectivity index (χ0n) is 11.0. The van der Waals surface area contributed by atoms with E-state index in [1.807, 2.05) is 24.3 Å². The number of aromatic nitrogens is 2. The smallest absolute Gasteiger partial charge is 0.263 e. The number of carbonyl (C=O) groups excluding carboxylic acids is 1. The quantitative estimate of drug-likeness (QED) is 0.759. The van der Waals surface area contributed by atoms with Crippen LogP contribution in [0.2, 0.25) is 0 Å². The van der Waals surface area contributed by atoms with Gasteiger partial charge in [0.2, 0.25) is 0 Å². The molecule has 0 aliphatic carbocycles. The molecule has 0 aliphatic heterocycles. The van der Waals surface area contributed by atoms with Crippen LogP contribution in [0.5, 0.6) is 0 Å². The number of hydrogen-bond donors (Lipinski definition) is 1. The molecular weight excluding hydrogens is 354 g/mol. The Morgan fingerprint density at radius 3 is 2.76 bits per heavy atom. The monoisotopic (exact) mass is 363 g/mol. The largest absolute Gasteiger partial charge is 0.355 e. The van der Waals surface area contributed by atoms with Gasteiger partial charge in [0.25, 0.3) is 5.91 Å². The maximum absolute atomic E-state index is 12.4. The Labute approximate surface area is 133 Å². The first-order chi connectivity index (χ1) is 10.1. The van der Waals surface area contributed by atoms with Crippen LogP contribution in [-0.2, 0) is 0 Å². The highest BCUT2D eigenvalue weighted by Gasteiger charge is 2.22. The summed E-state index contributed by atoms with van der Waals surface area (Å²) in [5, 5.41) is 8.99. The molecule has 0 bridgehead atoms. The van der Waals surface area contributed by atoms with Crippen molar-refractivity contribution in [3.05, 3.63) is 51.6 Å². The third-order valence-electron chi connectivity index (χ3n) is 2.85. The average Bonchev–Trinajstić information content (AvgIpc) is 3.09. The van der Waals surface area contributed by atoms with Crippen LogP contribution in [0.4, 0.5) is 5.13 Å². The summed E-state index contributed by atoms with van der Waals surface area (Å²) in [6.07, 6.45) is 1.64. The number of aryl methyl sites for hydroxylation is 1. The molecule has 0 unspecified atom stereocenters. The number of rotatable bonds is 3. The predicted molar refractivity (Wildman–Crippen MR) is 84.4 cm³/mol. The number of benzene rings is 1. The Morgan fingerprint density at radius 2 is 2.10 bits per heavy atom. The lowest BCUT2D eigenvalue weighted by Gasteiger charge is -2.03. The van der Waals surface area contributed by atoms with Gasteiger partial charge in [-0.2, -0.15) is 0 Å². The van der Waals surface area contributed by atoms with Crippen LogP contribution in [0.25, 0.3) is 11.3 Å². The SMILES string of the molecule is Cc1noc(-c2ccc(Br)cc2)c1C(=O)Nc1nccs1. The molecule has 0 saturated heterocycles. The second-order valence-electron chi connectivity index (χ2n) is 4.27. The molecule has 0 spiro atoms. The van der Waals surface area contributed by atoms with Crippen molar-refractivity contribution in [1.82, 2.24) is 10.1 Å². The number of halogens is 1. The lowest BCUT2D eigenvalue weighted by atomic mass is 10.1. The molecule has 0 aliphatic rings. The topological polar surface area (TPSA) is 68.0 Å². The molecule has 0 radical (unpaired) electrons. The highest BCUT2D eigenvalue weighted by molar-refractivity contribution is 9.10. The van der Waals surface area contributed by atoms with E-state index in [0.29, 0.717) is 22.1 Å². The first-order valence-electron chi connectivity index (χ1n) is 6.08. The molecule has 106 valence electrons. The maximum atomic E-state index is 12.4. The van der Waals surface area contributed by atoms with Gasteiger partial charge in [0.1, 0.15) is 5.56 Å².